The molecule has 2 atom stereocenters. The lowest BCUT2D eigenvalue weighted by Gasteiger charge is -2.41. The Balaban J connectivity index is 1.95. The molecule has 0 N–H and O–H groups in total. The molecule has 2 aliphatic heterocycles. The highest BCUT2D eigenvalue weighted by molar-refractivity contribution is 7.33. The molecule has 0 aliphatic carbocycles. The van der Waals surface area contributed by atoms with Crippen molar-refractivity contribution in [2.45, 2.75) is 253 Å². The van der Waals surface area contributed by atoms with Crippen molar-refractivity contribution in [3.8, 4) is 0 Å². The van der Waals surface area contributed by atoms with Crippen LogP contribution < -0.4 is 0 Å². The van der Waals surface area contributed by atoms with Crippen LogP contribution in [0.2, 0.25) is 0 Å². The lowest BCUT2D eigenvalue weighted by molar-refractivity contribution is -0.174. The van der Waals surface area contributed by atoms with Crippen molar-refractivity contribution < 1.29 is 23.1 Å². The van der Waals surface area contributed by atoms with Crippen molar-refractivity contribution in [3.63, 3.8) is 0 Å². The predicted molar refractivity (Wildman–Crippen MR) is 291 cm³/mol. The summed E-state index contributed by atoms with van der Waals surface area (Å²) < 4.78 is 46.8. The van der Waals surface area contributed by atoms with Crippen molar-refractivity contribution in [1.29, 1.82) is 0 Å². The number of ether oxygens (including phenoxy) is 2. The first-order valence-corrected chi connectivity index (χ1v) is 26.8. The van der Waals surface area contributed by atoms with Crippen LogP contribution in [0, 0.1) is 0 Å². The smallest absolute Gasteiger partial charge is 0.340 e. The highest BCUT2D eigenvalue weighted by atomic mass is 31.1. The van der Waals surface area contributed by atoms with E-state index in [2.05, 4.69) is 239 Å². The maximum absolute atomic E-state index is 16.2. The molecule has 0 saturated carbocycles. The number of rotatable bonds is 4. The Morgan fingerprint density at radius 2 is 0.478 bits per heavy atom. The van der Waals surface area contributed by atoms with Crippen LogP contribution in [-0.4, -0.2) is 18.0 Å². The van der Waals surface area contributed by atoms with Crippen molar-refractivity contribution in [2.24, 2.45) is 0 Å². The molecule has 4 aromatic rings. The number of hydrogen-bond donors (Lipinski definition) is 0. The summed E-state index contributed by atoms with van der Waals surface area (Å²) in [6, 6.07) is 27.6. The Labute approximate surface area is 421 Å². The van der Waals surface area contributed by atoms with Gasteiger partial charge in [-0.3, -0.25) is 0 Å². The molecule has 0 unspecified atom stereocenters. The van der Waals surface area contributed by atoms with Gasteiger partial charge in [0.2, 0.25) is 11.2 Å². The SMILES string of the molecule is CC1(C)O[C@H]2[C@H](O1)C(c1cc(C(C)(C)C)cc(C(C)(C)C)c1)(c1cc(C(C)(C)C)cc(C(C)(C)C)c1)O[P+](=O)OC2(c1cc(C(C)(C)C)cc(C(C)(C)C)c1)c1cc(C(C)(C)C)cc(C(C)(C)C)c1. The van der Waals surface area contributed by atoms with Crippen LogP contribution in [0.1, 0.15) is 247 Å². The lowest BCUT2D eigenvalue weighted by atomic mass is 9.67. The van der Waals surface area contributed by atoms with Crippen molar-refractivity contribution >= 4 is 8.25 Å². The second kappa shape index (κ2) is 17.2. The fraction of sp³-hybridized carbons (Fsp3) is 0.619. The van der Waals surface area contributed by atoms with Gasteiger partial charge < -0.3 is 9.47 Å². The third-order valence-corrected chi connectivity index (χ3v) is 15.6. The molecule has 6 rings (SSSR count). The topological polar surface area (TPSA) is 54.0 Å². The maximum atomic E-state index is 16.2. The molecule has 2 heterocycles. The Morgan fingerprint density at radius 3 is 0.623 bits per heavy atom. The van der Waals surface area contributed by atoms with Gasteiger partial charge in [-0.25, -0.2) is 0 Å². The molecule has 69 heavy (non-hydrogen) atoms. The van der Waals surface area contributed by atoms with Gasteiger partial charge in [0.15, 0.2) is 5.79 Å². The van der Waals surface area contributed by atoms with Crippen molar-refractivity contribution in [2.75, 3.05) is 0 Å². The predicted octanol–water partition coefficient (Wildman–Crippen LogP) is 17.5. The summed E-state index contributed by atoms with van der Waals surface area (Å²) >= 11 is 0. The monoisotopic (exact) mass is 960 g/mol. The molecule has 378 valence electrons. The molecule has 2 fully saturated rings. The van der Waals surface area contributed by atoms with E-state index in [1.54, 1.807) is 0 Å². The van der Waals surface area contributed by atoms with Crippen LogP contribution in [0.15, 0.2) is 72.8 Å². The average Bonchev–Trinajstić information content (AvgIpc) is 3.46. The van der Waals surface area contributed by atoms with E-state index in [0.717, 1.165) is 66.8 Å². The molecule has 0 spiro atoms. The maximum Gasteiger partial charge on any atom is 0.700 e. The van der Waals surface area contributed by atoms with Crippen molar-refractivity contribution in [1.82, 2.24) is 0 Å². The standard InChI is InChI=1S/C63H92O5P/c1-53(2,3)39-27-40(54(4,5)6)32-47(31-39)62(48-33-41(55(7,8)9)28-42(34-48)56(10,11)12)51-52(66-61(25,26)65-51)63(68-69(64)67-62,49-35-43(57(13,14)15)29-44(36-49)58(16,17)18)50-37-45(59(19,20)21)30-46(38-50)60(22,23)24/h27-38,51-52H,1-26H3/q+1/t51-,52-/m0/s1. The number of fused-ring (bicyclic) bond motifs is 1. The van der Waals surface area contributed by atoms with Crippen molar-refractivity contribution in [3.05, 3.63) is 140 Å². The van der Waals surface area contributed by atoms with E-state index >= 15 is 4.57 Å². The van der Waals surface area contributed by atoms with Gasteiger partial charge in [-0.05, 0) is 124 Å². The van der Waals surface area contributed by atoms with E-state index in [1.807, 2.05) is 13.8 Å². The highest BCUT2D eigenvalue weighted by Crippen LogP contribution is 2.63. The minimum absolute atomic E-state index is 0.243. The van der Waals surface area contributed by atoms with Gasteiger partial charge in [0.05, 0.1) is 0 Å². The molecule has 5 nitrogen and oxygen atoms in total. The van der Waals surface area contributed by atoms with Crippen LogP contribution in [0.4, 0.5) is 0 Å². The van der Waals surface area contributed by atoms with Gasteiger partial charge in [0, 0.05) is 4.57 Å². The first kappa shape index (κ1) is 55.1. The normalized spacial score (nSPS) is 20.5. The summed E-state index contributed by atoms with van der Waals surface area (Å²) in [6.45, 7) is 58.3. The van der Waals surface area contributed by atoms with Gasteiger partial charge in [-0.15, -0.1) is 0 Å². The minimum Gasteiger partial charge on any atom is -0.340 e. The molecule has 6 heteroatoms. The zero-order chi connectivity index (χ0) is 52.5. The summed E-state index contributed by atoms with van der Waals surface area (Å²) in [5.41, 5.74) is 7.69. The van der Waals surface area contributed by atoms with E-state index in [9.17, 15) is 0 Å². The fourth-order valence-electron chi connectivity index (χ4n) is 9.75. The summed E-state index contributed by atoms with van der Waals surface area (Å²) in [5, 5.41) is 0. The Morgan fingerprint density at radius 1 is 0.319 bits per heavy atom. The van der Waals surface area contributed by atoms with Crippen LogP contribution in [0.3, 0.4) is 0 Å². The van der Waals surface area contributed by atoms with E-state index in [1.165, 1.54) is 0 Å². The fourth-order valence-corrected chi connectivity index (χ4v) is 10.9. The van der Waals surface area contributed by atoms with Crippen LogP contribution in [0.5, 0.6) is 0 Å². The van der Waals surface area contributed by atoms with Crippen LogP contribution in [-0.2, 0) is 77.6 Å². The Bertz CT molecular complexity index is 2130. The van der Waals surface area contributed by atoms with Gasteiger partial charge in [0.1, 0.15) is 12.2 Å². The molecular weight excluding hydrogens is 868 g/mol. The van der Waals surface area contributed by atoms with E-state index in [4.69, 9.17) is 18.5 Å². The van der Waals surface area contributed by atoms with Gasteiger partial charge in [0.25, 0.3) is 0 Å². The minimum atomic E-state index is -2.96. The third kappa shape index (κ3) is 11.0. The average molecular weight is 960 g/mol. The molecule has 4 aromatic carbocycles. The molecule has 2 saturated heterocycles. The summed E-state index contributed by atoms with van der Waals surface area (Å²) in [7, 11) is -2.96. The van der Waals surface area contributed by atoms with E-state index < -0.39 is 37.5 Å². The first-order chi connectivity index (χ1) is 30.8. The summed E-state index contributed by atoms with van der Waals surface area (Å²) in [4.78, 5) is 0. The Hall–Kier alpha value is -3.18. The summed E-state index contributed by atoms with van der Waals surface area (Å²) in [5.74, 6) is -1.13. The highest BCUT2D eigenvalue weighted by Gasteiger charge is 2.72. The molecule has 0 amide bonds. The number of benzene rings is 4. The zero-order valence-electron chi connectivity index (χ0n) is 48.1. The molecule has 0 aromatic heterocycles. The van der Waals surface area contributed by atoms with E-state index in [-0.39, 0.29) is 43.3 Å². The molecule has 0 radical (unpaired) electrons. The largest absolute Gasteiger partial charge is 0.700 e. The van der Waals surface area contributed by atoms with E-state index in [0.29, 0.717) is 0 Å². The molecule has 2 aliphatic rings. The van der Waals surface area contributed by atoms with Crippen LogP contribution >= 0.6 is 8.25 Å². The van der Waals surface area contributed by atoms with Crippen LogP contribution in [0.25, 0.3) is 0 Å². The quantitative estimate of drug-likeness (QED) is 0.191. The number of hydrogen-bond acceptors (Lipinski definition) is 5. The first-order valence-electron chi connectivity index (χ1n) is 25.7. The molecule has 0 bridgehead atoms. The second-order valence-corrected chi connectivity index (χ2v) is 30.4. The molecular formula is C63H92O5P+. The van der Waals surface area contributed by atoms with Gasteiger partial charge >= 0.3 is 8.25 Å². The zero-order valence-corrected chi connectivity index (χ0v) is 49.0. The van der Waals surface area contributed by atoms with Gasteiger partial charge in [-0.1, -0.05) is 248 Å². The Kier molecular flexibility index (Phi) is 13.8. The van der Waals surface area contributed by atoms with Gasteiger partial charge in [-0.2, -0.15) is 0 Å². The lowest BCUT2D eigenvalue weighted by Crippen LogP contribution is -2.54. The third-order valence-electron chi connectivity index (χ3n) is 14.7. The summed E-state index contributed by atoms with van der Waals surface area (Å²) in [6.07, 6.45) is -1.79. The second-order valence-electron chi connectivity index (χ2n) is 29.6.